The van der Waals surface area contributed by atoms with Gasteiger partial charge in [0.1, 0.15) is 5.82 Å². The molecule has 24 heavy (non-hydrogen) atoms. The number of aryl methyl sites for hydroxylation is 1. The Balaban J connectivity index is 1.44. The highest BCUT2D eigenvalue weighted by Crippen LogP contribution is 2.12. The molecule has 126 valence electrons. The number of hydrogen-bond donors (Lipinski definition) is 2. The molecule has 0 bridgehead atoms. The second-order valence-electron chi connectivity index (χ2n) is 5.99. The number of benzene rings is 1. The van der Waals surface area contributed by atoms with Crippen LogP contribution in [0.4, 0.5) is 5.82 Å². The summed E-state index contributed by atoms with van der Waals surface area (Å²) in [5.74, 6) is 0.888. The maximum atomic E-state index is 12.2. The summed E-state index contributed by atoms with van der Waals surface area (Å²) in [6.07, 6.45) is 3.58. The summed E-state index contributed by atoms with van der Waals surface area (Å²) in [7, 11) is 0. The Kier molecular flexibility index (Phi) is 5.80. The van der Waals surface area contributed by atoms with Crippen LogP contribution in [0.1, 0.15) is 22.3 Å². The zero-order chi connectivity index (χ0) is 16.6. The van der Waals surface area contributed by atoms with Gasteiger partial charge in [0.05, 0.1) is 5.56 Å². The van der Waals surface area contributed by atoms with Gasteiger partial charge in [0.25, 0.3) is 5.91 Å². The SMILES string of the molecule is O=C(NCCCc1ccccc1)c1ccc(N2CCNCC2)nc1. The average Bonchev–Trinajstić information content (AvgIpc) is 2.67. The van der Waals surface area contributed by atoms with Crippen LogP contribution >= 0.6 is 0 Å². The molecule has 1 saturated heterocycles. The highest BCUT2D eigenvalue weighted by molar-refractivity contribution is 5.94. The highest BCUT2D eigenvalue weighted by Gasteiger charge is 2.12. The van der Waals surface area contributed by atoms with Crippen LogP contribution in [0.2, 0.25) is 0 Å². The number of rotatable bonds is 6. The first-order chi connectivity index (χ1) is 11.8. The molecule has 0 spiro atoms. The smallest absolute Gasteiger partial charge is 0.252 e. The fourth-order valence-electron chi connectivity index (χ4n) is 2.84. The lowest BCUT2D eigenvalue weighted by molar-refractivity contribution is 0.0953. The third-order valence-electron chi connectivity index (χ3n) is 4.22. The van der Waals surface area contributed by atoms with Crippen molar-refractivity contribution in [1.82, 2.24) is 15.6 Å². The molecule has 0 aliphatic carbocycles. The molecule has 0 saturated carbocycles. The average molecular weight is 324 g/mol. The van der Waals surface area contributed by atoms with Gasteiger partial charge >= 0.3 is 0 Å². The first kappa shape index (κ1) is 16.5. The molecule has 1 aromatic heterocycles. The number of carbonyl (C=O) groups is 1. The van der Waals surface area contributed by atoms with Crippen molar-refractivity contribution in [2.24, 2.45) is 0 Å². The van der Waals surface area contributed by atoms with E-state index in [-0.39, 0.29) is 5.91 Å². The molecule has 1 fully saturated rings. The molecule has 3 rings (SSSR count). The zero-order valence-corrected chi connectivity index (χ0v) is 13.9. The second kappa shape index (κ2) is 8.45. The van der Waals surface area contributed by atoms with Gasteiger partial charge in [0.2, 0.25) is 0 Å². The van der Waals surface area contributed by atoms with Crippen molar-refractivity contribution in [1.29, 1.82) is 0 Å². The number of aromatic nitrogens is 1. The fraction of sp³-hybridized carbons (Fsp3) is 0.368. The molecule has 0 unspecified atom stereocenters. The van der Waals surface area contributed by atoms with Crippen LogP contribution in [-0.4, -0.2) is 43.6 Å². The summed E-state index contributed by atoms with van der Waals surface area (Å²) in [6.45, 7) is 4.54. The van der Waals surface area contributed by atoms with Crippen LogP contribution < -0.4 is 15.5 Å². The molecule has 1 amide bonds. The van der Waals surface area contributed by atoms with Crippen molar-refractivity contribution in [3.05, 3.63) is 59.8 Å². The second-order valence-corrected chi connectivity index (χ2v) is 5.99. The zero-order valence-electron chi connectivity index (χ0n) is 13.9. The number of anilines is 1. The van der Waals surface area contributed by atoms with Gasteiger partial charge in [0.15, 0.2) is 0 Å². The van der Waals surface area contributed by atoms with Crippen LogP contribution in [0.25, 0.3) is 0 Å². The Morgan fingerprint density at radius 2 is 1.92 bits per heavy atom. The largest absolute Gasteiger partial charge is 0.354 e. The van der Waals surface area contributed by atoms with Gasteiger partial charge in [-0.2, -0.15) is 0 Å². The van der Waals surface area contributed by atoms with Crippen LogP contribution in [0.3, 0.4) is 0 Å². The van der Waals surface area contributed by atoms with Gasteiger partial charge in [-0.1, -0.05) is 30.3 Å². The quantitative estimate of drug-likeness (QED) is 0.796. The van der Waals surface area contributed by atoms with E-state index in [1.54, 1.807) is 6.20 Å². The standard InChI is InChI=1S/C19H24N4O/c24-19(21-10-4-7-16-5-2-1-3-6-16)17-8-9-18(22-15-17)23-13-11-20-12-14-23/h1-3,5-6,8-9,15,20H,4,7,10-14H2,(H,21,24). The van der Waals surface area contributed by atoms with Gasteiger partial charge in [-0.25, -0.2) is 4.98 Å². The minimum Gasteiger partial charge on any atom is -0.354 e. The van der Waals surface area contributed by atoms with Gasteiger partial charge in [-0.05, 0) is 30.5 Å². The molecular weight excluding hydrogens is 300 g/mol. The lowest BCUT2D eigenvalue weighted by atomic mass is 10.1. The predicted octanol–water partition coefficient (Wildman–Crippen LogP) is 1.85. The summed E-state index contributed by atoms with van der Waals surface area (Å²) in [6, 6.07) is 14.1. The number of pyridine rings is 1. The fourth-order valence-corrected chi connectivity index (χ4v) is 2.84. The number of carbonyl (C=O) groups excluding carboxylic acids is 1. The third-order valence-corrected chi connectivity index (χ3v) is 4.22. The highest BCUT2D eigenvalue weighted by atomic mass is 16.1. The molecule has 1 aliphatic heterocycles. The summed E-state index contributed by atoms with van der Waals surface area (Å²) >= 11 is 0. The van der Waals surface area contributed by atoms with E-state index < -0.39 is 0 Å². The lowest BCUT2D eigenvalue weighted by Crippen LogP contribution is -2.43. The van der Waals surface area contributed by atoms with Crippen molar-refractivity contribution < 1.29 is 4.79 Å². The third kappa shape index (κ3) is 4.55. The van der Waals surface area contributed by atoms with E-state index in [2.05, 4.69) is 32.7 Å². The summed E-state index contributed by atoms with van der Waals surface area (Å²) < 4.78 is 0. The van der Waals surface area contributed by atoms with Crippen molar-refractivity contribution >= 4 is 11.7 Å². The number of piperazine rings is 1. The molecule has 2 N–H and O–H groups in total. The van der Waals surface area contributed by atoms with Crippen molar-refractivity contribution in [2.75, 3.05) is 37.6 Å². The van der Waals surface area contributed by atoms with Crippen LogP contribution in [0.15, 0.2) is 48.7 Å². The minimum absolute atomic E-state index is 0.0533. The van der Waals surface area contributed by atoms with Gasteiger partial charge in [-0.15, -0.1) is 0 Å². The molecule has 1 aromatic carbocycles. The van der Waals surface area contributed by atoms with Crippen LogP contribution in [-0.2, 0) is 6.42 Å². The molecule has 2 aromatic rings. The van der Waals surface area contributed by atoms with E-state index in [0.29, 0.717) is 12.1 Å². The number of hydrogen-bond acceptors (Lipinski definition) is 4. The molecule has 1 aliphatic rings. The number of nitrogens with one attached hydrogen (secondary N) is 2. The maximum absolute atomic E-state index is 12.2. The van der Waals surface area contributed by atoms with Crippen molar-refractivity contribution in [3.8, 4) is 0 Å². The monoisotopic (exact) mass is 324 g/mol. The molecule has 0 radical (unpaired) electrons. The summed E-state index contributed by atoms with van der Waals surface area (Å²) in [4.78, 5) is 18.8. The van der Waals surface area contributed by atoms with E-state index in [1.165, 1.54) is 5.56 Å². The molecule has 2 heterocycles. The Morgan fingerprint density at radius 3 is 2.62 bits per heavy atom. The normalized spacial score (nSPS) is 14.4. The Morgan fingerprint density at radius 1 is 1.12 bits per heavy atom. The first-order valence-electron chi connectivity index (χ1n) is 8.57. The van der Waals surface area contributed by atoms with Crippen LogP contribution in [0.5, 0.6) is 0 Å². The number of nitrogens with zero attached hydrogens (tertiary/aromatic N) is 2. The predicted molar refractivity (Wildman–Crippen MR) is 96.4 cm³/mol. The van der Waals surface area contributed by atoms with Crippen molar-refractivity contribution in [2.45, 2.75) is 12.8 Å². The Hall–Kier alpha value is -2.40. The molecule has 5 nitrogen and oxygen atoms in total. The van der Waals surface area contributed by atoms with E-state index in [1.807, 2.05) is 30.3 Å². The summed E-state index contributed by atoms with van der Waals surface area (Å²) in [5, 5.41) is 6.29. The lowest BCUT2D eigenvalue weighted by Gasteiger charge is -2.28. The minimum atomic E-state index is -0.0533. The molecular formula is C19H24N4O. The van der Waals surface area contributed by atoms with E-state index in [4.69, 9.17) is 0 Å². The maximum Gasteiger partial charge on any atom is 0.252 e. The van der Waals surface area contributed by atoms with Gasteiger partial charge < -0.3 is 15.5 Å². The number of amides is 1. The first-order valence-corrected chi connectivity index (χ1v) is 8.57. The van der Waals surface area contributed by atoms with Gasteiger partial charge in [0, 0.05) is 38.9 Å². The topological polar surface area (TPSA) is 57.3 Å². The van der Waals surface area contributed by atoms with Crippen molar-refractivity contribution in [3.63, 3.8) is 0 Å². The molecule has 5 heteroatoms. The molecule has 0 atom stereocenters. The van der Waals surface area contributed by atoms with E-state index in [0.717, 1.165) is 44.8 Å². The van der Waals surface area contributed by atoms with Crippen LogP contribution in [0, 0.1) is 0 Å². The summed E-state index contributed by atoms with van der Waals surface area (Å²) in [5.41, 5.74) is 1.92. The van der Waals surface area contributed by atoms with E-state index in [9.17, 15) is 4.79 Å². The Labute approximate surface area is 143 Å². The van der Waals surface area contributed by atoms with E-state index >= 15 is 0 Å². The van der Waals surface area contributed by atoms with Gasteiger partial charge in [-0.3, -0.25) is 4.79 Å². The Bertz CT molecular complexity index is 636.